The maximum atomic E-state index is 11.8. The minimum atomic E-state index is 0.0262. The molecule has 2 rings (SSSR count). The van der Waals surface area contributed by atoms with E-state index in [1.807, 2.05) is 0 Å². The zero-order valence-corrected chi connectivity index (χ0v) is 10.6. The highest BCUT2D eigenvalue weighted by molar-refractivity contribution is 5.87. The molecule has 1 saturated carbocycles. The maximum absolute atomic E-state index is 11.8. The van der Waals surface area contributed by atoms with Crippen LogP contribution in [0.1, 0.15) is 20.3 Å². The predicted octanol–water partition coefficient (Wildman–Crippen LogP) is -0.419. The van der Waals surface area contributed by atoms with Crippen LogP contribution in [-0.2, 0) is 9.59 Å². The molecule has 2 amide bonds. The molecule has 1 aliphatic carbocycles. The Hall–Kier alpha value is -1.10. The van der Waals surface area contributed by atoms with Crippen LogP contribution >= 0.6 is 0 Å². The first kappa shape index (κ1) is 12.4. The van der Waals surface area contributed by atoms with Gasteiger partial charge in [-0.1, -0.05) is 13.8 Å². The van der Waals surface area contributed by atoms with Gasteiger partial charge in [-0.25, -0.2) is 0 Å². The molecule has 0 bridgehead atoms. The lowest BCUT2D eigenvalue weighted by atomic mass is 10.1. The van der Waals surface area contributed by atoms with Gasteiger partial charge in [0.1, 0.15) is 0 Å². The molecule has 5 heteroatoms. The first-order chi connectivity index (χ1) is 8.00. The third kappa shape index (κ3) is 2.97. The molecule has 17 heavy (non-hydrogen) atoms. The molecule has 0 spiro atoms. The molecule has 0 radical (unpaired) electrons. The average molecular weight is 239 g/mol. The van der Waals surface area contributed by atoms with E-state index >= 15 is 0 Å². The molecule has 1 heterocycles. The molecule has 1 atom stereocenters. The van der Waals surface area contributed by atoms with Gasteiger partial charge in [0.05, 0.1) is 6.54 Å². The first-order valence-corrected chi connectivity index (χ1v) is 6.27. The Kier molecular flexibility index (Phi) is 3.38. The van der Waals surface area contributed by atoms with Gasteiger partial charge in [-0.15, -0.1) is 0 Å². The quantitative estimate of drug-likeness (QED) is 0.703. The third-order valence-electron chi connectivity index (χ3n) is 3.71. The number of nitrogens with one attached hydrogen (secondary N) is 2. The van der Waals surface area contributed by atoms with Crippen molar-refractivity contribution in [1.29, 1.82) is 0 Å². The van der Waals surface area contributed by atoms with Gasteiger partial charge < -0.3 is 15.5 Å². The van der Waals surface area contributed by atoms with Gasteiger partial charge in [-0.05, 0) is 11.8 Å². The van der Waals surface area contributed by atoms with E-state index in [9.17, 15) is 9.59 Å². The zero-order chi connectivity index (χ0) is 12.5. The topological polar surface area (TPSA) is 61.4 Å². The lowest BCUT2D eigenvalue weighted by molar-refractivity contribution is -0.133. The van der Waals surface area contributed by atoms with Crippen molar-refractivity contribution in [1.82, 2.24) is 15.5 Å². The van der Waals surface area contributed by atoms with E-state index in [1.165, 1.54) is 0 Å². The number of hydrogen-bond donors (Lipinski definition) is 2. The van der Waals surface area contributed by atoms with E-state index in [2.05, 4.69) is 24.5 Å². The van der Waals surface area contributed by atoms with Crippen LogP contribution in [0.5, 0.6) is 0 Å². The summed E-state index contributed by atoms with van der Waals surface area (Å²) in [5.74, 6) is 0.148. The lowest BCUT2D eigenvalue weighted by Crippen LogP contribution is -2.49. The fourth-order valence-corrected chi connectivity index (χ4v) is 2.23. The molecule has 1 aliphatic heterocycles. The Balaban J connectivity index is 1.71. The number of hydrogen-bond acceptors (Lipinski definition) is 3. The molecular weight excluding hydrogens is 218 g/mol. The van der Waals surface area contributed by atoms with Crippen LogP contribution in [0.15, 0.2) is 0 Å². The number of rotatable bonds is 3. The average Bonchev–Trinajstić information content (AvgIpc) is 2.96. The molecular formula is C12H21N3O2. The summed E-state index contributed by atoms with van der Waals surface area (Å²) >= 11 is 0. The monoisotopic (exact) mass is 239 g/mol. The standard InChI is InChI=1S/C12H21N3O2/c1-12(2)7-9(12)11(17)14-8-10(16)15-5-3-13-4-6-15/h9,13H,3-8H2,1-2H3,(H,14,17). The van der Waals surface area contributed by atoms with Crippen molar-refractivity contribution in [2.75, 3.05) is 32.7 Å². The summed E-state index contributed by atoms with van der Waals surface area (Å²) in [7, 11) is 0. The van der Waals surface area contributed by atoms with Crippen LogP contribution in [0.4, 0.5) is 0 Å². The minimum Gasteiger partial charge on any atom is -0.347 e. The van der Waals surface area contributed by atoms with E-state index in [-0.39, 0.29) is 29.7 Å². The summed E-state index contributed by atoms with van der Waals surface area (Å²) < 4.78 is 0. The Morgan fingerprint density at radius 1 is 1.35 bits per heavy atom. The summed E-state index contributed by atoms with van der Waals surface area (Å²) in [6.07, 6.45) is 0.931. The van der Waals surface area contributed by atoms with Crippen molar-refractivity contribution in [3.8, 4) is 0 Å². The lowest BCUT2D eigenvalue weighted by Gasteiger charge is -2.27. The second-order valence-corrected chi connectivity index (χ2v) is 5.59. The van der Waals surface area contributed by atoms with Crippen molar-refractivity contribution in [2.45, 2.75) is 20.3 Å². The maximum Gasteiger partial charge on any atom is 0.242 e. The van der Waals surface area contributed by atoms with Crippen LogP contribution in [0.25, 0.3) is 0 Å². The number of nitrogens with zero attached hydrogens (tertiary/aromatic N) is 1. The fourth-order valence-electron chi connectivity index (χ4n) is 2.23. The molecule has 1 saturated heterocycles. The van der Waals surface area contributed by atoms with E-state index in [1.54, 1.807) is 4.90 Å². The minimum absolute atomic E-state index is 0.0262. The molecule has 96 valence electrons. The third-order valence-corrected chi connectivity index (χ3v) is 3.71. The van der Waals surface area contributed by atoms with Gasteiger partial charge in [0.2, 0.25) is 11.8 Å². The van der Waals surface area contributed by atoms with E-state index in [4.69, 9.17) is 0 Å². The van der Waals surface area contributed by atoms with Crippen molar-refractivity contribution < 1.29 is 9.59 Å². The molecule has 2 N–H and O–H groups in total. The molecule has 1 unspecified atom stereocenters. The van der Waals surface area contributed by atoms with Gasteiger partial charge in [0.25, 0.3) is 0 Å². The predicted molar refractivity (Wildman–Crippen MR) is 64.3 cm³/mol. The molecule has 2 fully saturated rings. The number of amides is 2. The molecule has 0 aromatic carbocycles. The Morgan fingerprint density at radius 3 is 2.47 bits per heavy atom. The SMILES string of the molecule is CC1(C)CC1C(=O)NCC(=O)N1CCNCC1. The van der Waals surface area contributed by atoms with Crippen LogP contribution in [0.3, 0.4) is 0 Å². The van der Waals surface area contributed by atoms with E-state index in [0.717, 1.165) is 32.6 Å². The second-order valence-electron chi connectivity index (χ2n) is 5.59. The second kappa shape index (κ2) is 4.64. The summed E-state index contributed by atoms with van der Waals surface area (Å²) in [4.78, 5) is 25.3. The van der Waals surface area contributed by atoms with Crippen LogP contribution < -0.4 is 10.6 Å². The van der Waals surface area contributed by atoms with Gasteiger partial charge in [-0.2, -0.15) is 0 Å². The highest BCUT2D eigenvalue weighted by Crippen LogP contribution is 2.51. The summed E-state index contributed by atoms with van der Waals surface area (Å²) in [5, 5.41) is 5.94. The van der Waals surface area contributed by atoms with Crippen LogP contribution in [-0.4, -0.2) is 49.4 Å². The normalized spacial score (nSPS) is 26.5. The van der Waals surface area contributed by atoms with Gasteiger partial charge >= 0.3 is 0 Å². The molecule has 0 aromatic rings. The molecule has 0 aromatic heterocycles. The van der Waals surface area contributed by atoms with E-state index in [0.29, 0.717) is 0 Å². The van der Waals surface area contributed by atoms with Crippen LogP contribution in [0.2, 0.25) is 0 Å². The fraction of sp³-hybridized carbons (Fsp3) is 0.833. The van der Waals surface area contributed by atoms with Gasteiger partial charge in [0, 0.05) is 32.1 Å². The van der Waals surface area contributed by atoms with Gasteiger partial charge in [0.15, 0.2) is 0 Å². The largest absolute Gasteiger partial charge is 0.347 e. The molecule has 5 nitrogen and oxygen atoms in total. The Bertz CT molecular complexity index is 322. The number of carbonyl (C=O) groups excluding carboxylic acids is 2. The highest BCUT2D eigenvalue weighted by atomic mass is 16.2. The first-order valence-electron chi connectivity index (χ1n) is 6.27. The Morgan fingerprint density at radius 2 is 1.94 bits per heavy atom. The molecule has 2 aliphatic rings. The van der Waals surface area contributed by atoms with Crippen LogP contribution in [0, 0.1) is 11.3 Å². The van der Waals surface area contributed by atoms with Crippen molar-refractivity contribution in [3.63, 3.8) is 0 Å². The summed E-state index contributed by atoms with van der Waals surface area (Å²) in [6.45, 7) is 7.47. The van der Waals surface area contributed by atoms with Crippen molar-refractivity contribution in [2.24, 2.45) is 11.3 Å². The summed E-state index contributed by atoms with van der Waals surface area (Å²) in [6, 6.07) is 0. The Labute approximate surface area is 102 Å². The zero-order valence-electron chi connectivity index (χ0n) is 10.6. The number of piperazine rings is 1. The van der Waals surface area contributed by atoms with Crippen molar-refractivity contribution in [3.05, 3.63) is 0 Å². The highest BCUT2D eigenvalue weighted by Gasteiger charge is 2.50. The van der Waals surface area contributed by atoms with Gasteiger partial charge in [-0.3, -0.25) is 9.59 Å². The summed E-state index contributed by atoms with van der Waals surface area (Å²) in [5.41, 5.74) is 0.127. The smallest absolute Gasteiger partial charge is 0.242 e. The number of carbonyl (C=O) groups is 2. The van der Waals surface area contributed by atoms with E-state index < -0.39 is 0 Å². The van der Waals surface area contributed by atoms with Crippen molar-refractivity contribution >= 4 is 11.8 Å².